The van der Waals surface area contributed by atoms with E-state index in [4.69, 9.17) is 9.47 Å². The third kappa shape index (κ3) is 3.01. The van der Waals surface area contributed by atoms with Gasteiger partial charge in [0.15, 0.2) is 0 Å². The van der Waals surface area contributed by atoms with Crippen LogP contribution < -0.4 is 5.32 Å². The van der Waals surface area contributed by atoms with E-state index in [0.717, 1.165) is 24.0 Å². The van der Waals surface area contributed by atoms with Crippen LogP contribution in [0.4, 0.5) is 0 Å². The molecule has 0 amide bonds. The van der Waals surface area contributed by atoms with Crippen molar-refractivity contribution in [2.24, 2.45) is 11.8 Å². The number of fused-ring (bicyclic) bond motifs is 1. The van der Waals surface area contributed by atoms with Crippen LogP contribution in [0.3, 0.4) is 0 Å². The van der Waals surface area contributed by atoms with Crippen LogP contribution in [0.15, 0.2) is 60.7 Å². The van der Waals surface area contributed by atoms with Gasteiger partial charge in [0.05, 0.1) is 19.6 Å². The Kier molecular flexibility index (Phi) is 5.77. The molecule has 3 aliphatic rings. The molecular weight excluding hydrogens is 414 g/mol. The maximum Gasteiger partial charge on any atom is 0.323 e. The fourth-order valence-corrected chi connectivity index (χ4v) is 7.33. The van der Waals surface area contributed by atoms with Crippen LogP contribution in [0.5, 0.6) is 0 Å². The highest BCUT2D eigenvalue weighted by Gasteiger charge is 2.90. The summed E-state index contributed by atoms with van der Waals surface area (Å²) in [4.78, 5) is 27.0. The maximum absolute atomic E-state index is 13.7. The predicted molar refractivity (Wildman–Crippen MR) is 126 cm³/mol. The Bertz CT molecular complexity index is 1000. The first-order chi connectivity index (χ1) is 16.1. The van der Waals surface area contributed by atoms with Gasteiger partial charge in [-0.1, -0.05) is 79.9 Å². The molecule has 5 nitrogen and oxygen atoms in total. The molecule has 5 atom stereocenters. The molecule has 0 bridgehead atoms. The summed E-state index contributed by atoms with van der Waals surface area (Å²) in [6.07, 6.45) is 5.80. The molecule has 5 heteroatoms. The topological polar surface area (TPSA) is 64.6 Å². The fraction of sp³-hybridized carbons (Fsp3) is 0.500. The summed E-state index contributed by atoms with van der Waals surface area (Å²) in [6.45, 7) is 2.16. The van der Waals surface area contributed by atoms with Crippen molar-refractivity contribution in [2.75, 3.05) is 13.7 Å². The van der Waals surface area contributed by atoms with Crippen LogP contribution in [-0.2, 0) is 29.9 Å². The van der Waals surface area contributed by atoms with Crippen LogP contribution in [0.1, 0.15) is 50.2 Å². The van der Waals surface area contributed by atoms with Gasteiger partial charge in [-0.2, -0.15) is 0 Å². The van der Waals surface area contributed by atoms with Gasteiger partial charge in [-0.3, -0.25) is 14.9 Å². The van der Waals surface area contributed by atoms with E-state index in [1.54, 1.807) is 0 Å². The standard InChI is InChI=1S/C28H33NO4/c1-3-33-25(30)22-27(20-15-9-5-10-16-20)23(19-13-7-4-8-14-19)29-24(26(31)32-2)28(22,27)21-17-11-6-12-18-21/h5-6,9-12,15-19,22-24,29H,3-4,7-8,13-14H2,1-2H3/t22-,23-,24+,27+,28-/m0/s1. The van der Waals surface area contributed by atoms with E-state index in [9.17, 15) is 9.59 Å². The highest BCUT2D eigenvalue weighted by atomic mass is 16.5. The van der Waals surface area contributed by atoms with Gasteiger partial charge >= 0.3 is 11.9 Å². The Labute approximate surface area is 195 Å². The minimum absolute atomic E-state index is 0.0149. The highest BCUT2D eigenvalue weighted by molar-refractivity contribution is 5.93. The van der Waals surface area contributed by atoms with E-state index in [2.05, 4.69) is 29.6 Å². The molecule has 3 fully saturated rings. The number of methoxy groups -OCH3 is 1. The van der Waals surface area contributed by atoms with Crippen molar-refractivity contribution in [2.45, 2.75) is 61.9 Å². The zero-order valence-corrected chi connectivity index (χ0v) is 19.5. The lowest BCUT2D eigenvalue weighted by Crippen LogP contribution is -2.51. The van der Waals surface area contributed by atoms with E-state index in [1.807, 2.05) is 43.3 Å². The van der Waals surface area contributed by atoms with Gasteiger partial charge < -0.3 is 9.47 Å². The normalized spacial score (nSPS) is 33.2. The monoisotopic (exact) mass is 447 g/mol. The number of esters is 2. The lowest BCUT2D eigenvalue weighted by molar-refractivity contribution is -0.147. The second-order valence-corrected chi connectivity index (χ2v) is 9.65. The number of ether oxygens (including phenoxy) is 2. The smallest absolute Gasteiger partial charge is 0.323 e. The van der Waals surface area contributed by atoms with Gasteiger partial charge in [0.2, 0.25) is 0 Å². The average Bonchev–Trinajstić information content (AvgIpc) is 3.40. The molecule has 2 saturated carbocycles. The summed E-state index contributed by atoms with van der Waals surface area (Å²) in [5.74, 6) is -0.603. The number of carbonyl (C=O) groups excluding carboxylic acids is 2. The van der Waals surface area contributed by atoms with Crippen LogP contribution in [0, 0.1) is 11.8 Å². The molecule has 5 rings (SSSR count). The average molecular weight is 448 g/mol. The number of hydrogen-bond donors (Lipinski definition) is 1. The molecule has 174 valence electrons. The predicted octanol–water partition coefficient (Wildman–Crippen LogP) is 4.15. The summed E-state index contributed by atoms with van der Waals surface area (Å²) in [5, 5.41) is 3.73. The molecule has 0 radical (unpaired) electrons. The number of nitrogens with one attached hydrogen (secondary N) is 1. The van der Waals surface area contributed by atoms with E-state index in [1.165, 1.54) is 26.4 Å². The molecule has 2 aliphatic carbocycles. The molecule has 0 unspecified atom stereocenters. The first-order valence-electron chi connectivity index (χ1n) is 12.3. The van der Waals surface area contributed by atoms with Crippen LogP contribution in [0.25, 0.3) is 0 Å². The van der Waals surface area contributed by atoms with E-state index in [-0.39, 0.29) is 18.0 Å². The van der Waals surface area contributed by atoms with Crippen molar-refractivity contribution < 1.29 is 19.1 Å². The third-order valence-corrected chi connectivity index (χ3v) is 8.39. The molecule has 2 aromatic carbocycles. The van der Waals surface area contributed by atoms with Crippen molar-refractivity contribution in [3.63, 3.8) is 0 Å². The van der Waals surface area contributed by atoms with Crippen molar-refractivity contribution >= 4 is 11.9 Å². The molecule has 33 heavy (non-hydrogen) atoms. The second-order valence-electron chi connectivity index (χ2n) is 9.65. The fourth-order valence-electron chi connectivity index (χ4n) is 7.33. The Hall–Kier alpha value is -2.66. The second kappa shape index (κ2) is 8.60. The Balaban J connectivity index is 1.78. The number of benzene rings is 2. The number of hydrogen-bond acceptors (Lipinski definition) is 5. The summed E-state index contributed by atoms with van der Waals surface area (Å²) in [5.41, 5.74) is 0.772. The summed E-state index contributed by atoms with van der Waals surface area (Å²) in [7, 11) is 1.43. The lowest BCUT2D eigenvalue weighted by atomic mass is 9.71. The van der Waals surface area contributed by atoms with Crippen molar-refractivity contribution in [3.05, 3.63) is 71.8 Å². The molecule has 1 saturated heterocycles. The van der Waals surface area contributed by atoms with E-state index < -0.39 is 22.8 Å². The van der Waals surface area contributed by atoms with Gasteiger partial charge in [0.25, 0.3) is 0 Å². The van der Waals surface area contributed by atoms with Crippen molar-refractivity contribution in [1.29, 1.82) is 0 Å². The first kappa shape index (κ1) is 22.1. The summed E-state index contributed by atoms with van der Waals surface area (Å²) < 4.78 is 11.0. The molecule has 1 heterocycles. The summed E-state index contributed by atoms with van der Waals surface area (Å²) >= 11 is 0. The number of piperidine rings is 1. The minimum Gasteiger partial charge on any atom is -0.468 e. The highest BCUT2D eigenvalue weighted by Crippen LogP contribution is 2.78. The molecule has 1 aliphatic heterocycles. The molecule has 1 N–H and O–H groups in total. The van der Waals surface area contributed by atoms with Gasteiger partial charge in [-0.05, 0) is 36.8 Å². The maximum atomic E-state index is 13.7. The lowest BCUT2D eigenvalue weighted by Gasteiger charge is -2.36. The number of carbonyl (C=O) groups is 2. The first-order valence-corrected chi connectivity index (χ1v) is 12.3. The zero-order chi connectivity index (χ0) is 23.1. The summed E-state index contributed by atoms with van der Waals surface area (Å²) in [6, 6.07) is 19.7. The third-order valence-electron chi connectivity index (χ3n) is 8.39. The van der Waals surface area contributed by atoms with E-state index in [0.29, 0.717) is 12.5 Å². The van der Waals surface area contributed by atoms with Gasteiger partial charge in [0, 0.05) is 16.9 Å². The Morgan fingerprint density at radius 2 is 1.45 bits per heavy atom. The largest absolute Gasteiger partial charge is 0.468 e. The minimum atomic E-state index is -0.753. The SMILES string of the molecule is CCOC(=O)[C@@H]1[C@@]2(c3ccccc3)[C@@H](C(=O)OC)N[C@@H](C3CCCCC3)[C@@]12c1ccccc1. The Morgan fingerprint density at radius 3 is 2.00 bits per heavy atom. The number of rotatable bonds is 6. The molecule has 2 aromatic rings. The molecular formula is C28H33NO4. The van der Waals surface area contributed by atoms with Crippen molar-refractivity contribution in [1.82, 2.24) is 5.32 Å². The quantitative estimate of drug-likeness (QED) is 0.674. The molecule has 0 aromatic heterocycles. The van der Waals surface area contributed by atoms with E-state index >= 15 is 0 Å². The van der Waals surface area contributed by atoms with Crippen molar-refractivity contribution in [3.8, 4) is 0 Å². The van der Waals surface area contributed by atoms with Crippen LogP contribution >= 0.6 is 0 Å². The molecule has 0 spiro atoms. The van der Waals surface area contributed by atoms with Gasteiger partial charge in [-0.15, -0.1) is 0 Å². The van der Waals surface area contributed by atoms with Gasteiger partial charge in [-0.25, -0.2) is 0 Å². The zero-order valence-electron chi connectivity index (χ0n) is 19.5. The van der Waals surface area contributed by atoms with Gasteiger partial charge in [0.1, 0.15) is 6.04 Å². The van der Waals surface area contributed by atoms with Crippen LogP contribution in [-0.4, -0.2) is 37.7 Å². The van der Waals surface area contributed by atoms with Crippen LogP contribution in [0.2, 0.25) is 0 Å². The Morgan fingerprint density at radius 1 is 0.879 bits per heavy atom.